The molecule has 0 aliphatic carbocycles. The molecule has 0 fully saturated rings. The molecule has 4 nitrogen and oxygen atoms in total. The Morgan fingerprint density at radius 2 is 1.96 bits per heavy atom. The van der Waals surface area contributed by atoms with Gasteiger partial charge in [-0.05, 0) is 38.0 Å². The van der Waals surface area contributed by atoms with Gasteiger partial charge in [-0.3, -0.25) is 9.48 Å². The Kier molecular flexibility index (Phi) is 5.36. The summed E-state index contributed by atoms with van der Waals surface area (Å²) in [5.41, 5.74) is 1.90. The SMILES string of the molecule is Cc1cc(C)n(CC(C)CNC(=O)c2cc(F)c(F)cc2Cl)n1. The zero-order valence-corrected chi connectivity index (χ0v) is 13.9. The number of nitrogens with one attached hydrogen (secondary N) is 1. The number of hydrogen-bond acceptors (Lipinski definition) is 2. The van der Waals surface area contributed by atoms with Crippen molar-refractivity contribution in [2.45, 2.75) is 27.3 Å². The number of aryl methyl sites for hydroxylation is 2. The zero-order chi connectivity index (χ0) is 17.1. The van der Waals surface area contributed by atoms with Gasteiger partial charge >= 0.3 is 0 Å². The van der Waals surface area contributed by atoms with Crippen molar-refractivity contribution in [2.75, 3.05) is 6.54 Å². The van der Waals surface area contributed by atoms with Crippen LogP contribution in [0.25, 0.3) is 0 Å². The molecular formula is C16H18ClF2N3O. The van der Waals surface area contributed by atoms with Crippen LogP contribution in [0.3, 0.4) is 0 Å². The molecular weight excluding hydrogens is 324 g/mol. The molecule has 1 N–H and O–H groups in total. The van der Waals surface area contributed by atoms with Crippen LogP contribution in [-0.2, 0) is 6.54 Å². The van der Waals surface area contributed by atoms with Crippen LogP contribution < -0.4 is 5.32 Å². The zero-order valence-electron chi connectivity index (χ0n) is 13.2. The molecule has 23 heavy (non-hydrogen) atoms. The smallest absolute Gasteiger partial charge is 0.252 e. The number of rotatable bonds is 5. The Labute approximate surface area is 138 Å². The first kappa shape index (κ1) is 17.4. The van der Waals surface area contributed by atoms with Crippen molar-refractivity contribution in [3.05, 3.63) is 51.8 Å². The quantitative estimate of drug-likeness (QED) is 0.846. The predicted octanol–water partition coefficient (Wildman–Crippen LogP) is 3.50. The van der Waals surface area contributed by atoms with Gasteiger partial charge in [0.25, 0.3) is 5.91 Å². The highest BCUT2D eigenvalue weighted by Crippen LogP contribution is 2.20. The topological polar surface area (TPSA) is 46.9 Å². The van der Waals surface area contributed by atoms with Crippen LogP contribution >= 0.6 is 11.6 Å². The molecule has 0 bridgehead atoms. The second-order valence-electron chi connectivity index (χ2n) is 5.67. The van der Waals surface area contributed by atoms with Gasteiger partial charge in [-0.15, -0.1) is 0 Å². The summed E-state index contributed by atoms with van der Waals surface area (Å²) in [6.07, 6.45) is 0. The van der Waals surface area contributed by atoms with E-state index in [1.165, 1.54) is 0 Å². The maximum atomic E-state index is 13.2. The Morgan fingerprint density at radius 1 is 1.30 bits per heavy atom. The number of aromatic nitrogens is 2. The van der Waals surface area contributed by atoms with E-state index in [2.05, 4.69) is 10.4 Å². The van der Waals surface area contributed by atoms with Crippen molar-refractivity contribution >= 4 is 17.5 Å². The Balaban J connectivity index is 1.96. The van der Waals surface area contributed by atoms with Gasteiger partial charge in [0, 0.05) is 18.8 Å². The van der Waals surface area contributed by atoms with Gasteiger partial charge in [0.05, 0.1) is 16.3 Å². The van der Waals surface area contributed by atoms with Crippen molar-refractivity contribution in [2.24, 2.45) is 5.92 Å². The number of carbonyl (C=O) groups excluding carboxylic acids is 1. The molecule has 0 saturated carbocycles. The van der Waals surface area contributed by atoms with Gasteiger partial charge in [0.2, 0.25) is 0 Å². The Morgan fingerprint density at radius 3 is 2.57 bits per heavy atom. The molecule has 1 aromatic carbocycles. The minimum absolute atomic E-state index is 0.0797. The Hall–Kier alpha value is -1.95. The lowest BCUT2D eigenvalue weighted by Crippen LogP contribution is -2.30. The van der Waals surface area contributed by atoms with E-state index in [1.807, 2.05) is 31.5 Å². The molecule has 1 amide bonds. The van der Waals surface area contributed by atoms with E-state index in [9.17, 15) is 13.6 Å². The monoisotopic (exact) mass is 341 g/mol. The maximum Gasteiger partial charge on any atom is 0.252 e. The highest BCUT2D eigenvalue weighted by molar-refractivity contribution is 6.33. The van der Waals surface area contributed by atoms with Gasteiger partial charge in [0.1, 0.15) is 0 Å². The van der Waals surface area contributed by atoms with E-state index in [0.29, 0.717) is 13.1 Å². The van der Waals surface area contributed by atoms with E-state index in [1.54, 1.807) is 0 Å². The lowest BCUT2D eigenvalue weighted by atomic mass is 10.1. The molecule has 0 radical (unpaired) electrons. The van der Waals surface area contributed by atoms with Crippen LogP contribution in [0.15, 0.2) is 18.2 Å². The molecule has 1 aromatic heterocycles. The molecule has 0 aliphatic heterocycles. The summed E-state index contributed by atoms with van der Waals surface area (Å²) in [6, 6.07) is 3.58. The third-order valence-corrected chi connectivity index (χ3v) is 3.77. The number of benzene rings is 1. The van der Waals surface area contributed by atoms with E-state index in [-0.39, 0.29) is 16.5 Å². The fourth-order valence-electron chi connectivity index (χ4n) is 2.28. The normalized spacial score (nSPS) is 12.3. The lowest BCUT2D eigenvalue weighted by molar-refractivity contribution is 0.0946. The molecule has 1 atom stereocenters. The largest absolute Gasteiger partial charge is 0.352 e. The molecule has 0 saturated heterocycles. The summed E-state index contributed by atoms with van der Waals surface area (Å²) < 4.78 is 28.1. The van der Waals surface area contributed by atoms with Crippen LogP contribution in [0.2, 0.25) is 5.02 Å². The van der Waals surface area contributed by atoms with Crippen molar-refractivity contribution in [3.8, 4) is 0 Å². The summed E-state index contributed by atoms with van der Waals surface area (Å²) in [6.45, 7) is 6.86. The lowest BCUT2D eigenvalue weighted by Gasteiger charge is -2.14. The van der Waals surface area contributed by atoms with Crippen LogP contribution in [0.4, 0.5) is 8.78 Å². The summed E-state index contributed by atoms with van der Waals surface area (Å²) >= 11 is 5.78. The summed E-state index contributed by atoms with van der Waals surface area (Å²) in [7, 11) is 0. The highest BCUT2D eigenvalue weighted by Gasteiger charge is 2.16. The highest BCUT2D eigenvalue weighted by atomic mass is 35.5. The molecule has 7 heteroatoms. The second kappa shape index (κ2) is 7.08. The van der Waals surface area contributed by atoms with Gasteiger partial charge in [-0.2, -0.15) is 5.10 Å². The molecule has 0 spiro atoms. The number of hydrogen-bond donors (Lipinski definition) is 1. The fraction of sp³-hybridized carbons (Fsp3) is 0.375. The van der Waals surface area contributed by atoms with Gasteiger partial charge in [-0.1, -0.05) is 18.5 Å². The van der Waals surface area contributed by atoms with Gasteiger partial charge in [0.15, 0.2) is 11.6 Å². The summed E-state index contributed by atoms with van der Waals surface area (Å²) in [4.78, 5) is 12.0. The fourth-order valence-corrected chi connectivity index (χ4v) is 2.51. The van der Waals surface area contributed by atoms with E-state index >= 15 is 0 Å². The van der Waals surface area contributed by atoms with Crippen molar-refractivity contribution < 1.29 is 13.6 Å². The predicted molar refractivity (Wildman–Crippen MR) is 84.6 cm³/mol. The van der Waals surface area contributed by atoms with Crippen molar-refractivity contribution in [1.82, 2.24) is 15.1 Å². The third-order valence-electron chi connectivity index (χ3n) is 3.45. The molecule has 2 rings (SSSR count). The minimum atomic E-state index is -1.10. The van der Waals surface area contributed by atoms with Crippen LogP contribution in [0.5, 0.6) is 0 Å². The Bertz CT molecular complexity index is 730. The van der Waals surface area contributed by atoms with E-state index in [0.717, 1.165) is 23.5 Å². The number of nitrogens with zero attached hydrogens (tertiary/aromatic N) is 2. The molecule has 124 valence electrons. The molecule has 0 aliphatic rings. The third kappa shape index (κ3) is 4.28. The second-order valence-corrected chi connectivity index (χ2v) is 6.08. The van der Waals surface area contributed by atoms with E-state index < -0.39 is 17.5 Å². The minimum Gasteiger partial charge on any atom is -0.352 e. The van der Waals surface area contributed by atoms with Crippen molar-refractivity contribution in [1.29, 1.82) is 0 Å². The van der Waals surface area contributed by atoms with Crippen molar-refractivity contribution in [3.63, 3.8) is 0 Å². The first-order chi connectivity index (χ1) is 10.8. The van der Waals surface area contributed by atoms with Gasteiger partial charge < -0.3 is 5.32 Å². The number of halogens is 3. The molecule has 1 heterocycles. The average molecular weight is 342 g/mol. The first-order valence-electron chi connectivity index (χ1n) is 7.21. The number of carbonyl (C=O) groups is 1. The number of amides is 1. The van der Waals surface area contributed by atoms with Crippen LogP contribution in [-0.4, -0.2) is 22.2 Å². The van der Waals surface area contributed by atoms with Crippen LogP contribution in [0.1, 0.15) is 28.7 Å². The first-order valence-corrected chi connectivity index (χ1v) is 7.59. The van der Waals surface area contributed by atoms with E-state index in [4.69, 9.17) is 11.6 Å². The average Bonchev–Trinajstić information content (AvgIpc) is 2.78. The summed E-state index contributed by atoms with van der Waals surface area (Å²) in [5, 5.41) is 6.92. The maximum absolute atomic E-state index is 13.2. The van der Waals surface area contributed by atoms with Crippen LogP contribution in [0, 0.1) is 31.4 Å². The standard InChI is InChI=1S/C16H18ClF2N3O/c1-9(8-22-11(3)4-10(2)21-22)7-20-16(23)12-5-14(18)15(19)6-13(12)17/h4-6,9H,7-8H2,1-3H3,(H,20,23). The molecule has 1 unspecified atom stereocenters. The summed E-state index contributed by atoms with van der Waals surface area (Å²) in [5.74, 6) is -2.60. The van der Waals surface area contributed by atoms with Gasteiger partial charge in [-0.25, -0.2) is 8.78 Å². The molecule has 2 aromatic rings.